The Labute approximate surface area is 198 Å². The molecule has 0 saturated carbocycles. The monoisotopic (exact) mass is 498 g/mol. The van der Waals surface area contributed by atoms with E-state index in [0.717, 1.165) is 21.5 Å². The lowest BCUT2D eigenvalue weighted by molar-refractivity contribution is 0.198. The Balaban J connectivity index is 2.11. The van der Waals surface area contributed by atoms with Crippen LogP contribution in [0.25, 0.3) is 10.9 Å². The molecule has 0 amide bonds. The standard InChI is InChI=1S/C25H31BrN4O2/c1-16(2)23-28-21-11-9-18(26)12-20(21)24(31)30(23)27-14-17-8-10-19(29(6)7)13-22(17)32-15-25(3,4)5/h8-14,16H,15H2,1-7H3. The highest BCUT2D eigenvalue weighted by Gasteiger charge is 2.16. The highest BCUT2D eigenvalue weighted by Crippen LogP contribution is 2.26. The van der Waals surface area contributed by atoms with E-state index in [9.17, 15) is 4.79 Å². The Bertz CT molecular complexity index is 1210. The van der Waals surface area contributed by atoms with Gasteiger partial charge in [-0.2, -0.15) is 9.78 Å². The maximum atomic E-state index is 13.3. The van der Waals surface area contributed by atoms with E-state index in [1.165, 1.54) is 4.68 Å². The smallest absolute Gasteiger partial charge is 0.282 e. The van der Waals surface area contributed by atoms with Crippen molar-refractivity contribution in [3.05, 3.63) is 62.6 Å². The van der Waals surface area contributed by atoms with Crippen molar-refractivity contribution in [3.8, 4) is 5.75 Å². The third-order valence-electron chi connectivity index (χ3n) is 4.84. The molecule has 0 spiro atoms. The Morgan fingerprint density at radius 1 is 1.19 bits per heavy atom. The quantitative estimate of drug-likeness (QED) is 0.411. The molecule has 0 radical (unpaired) electrons. The summed E-state index contributed by atoms with van der Waals surface area (Å²) in [5, 5.41) is 5.09. The Hall–Kier alpha value is -2.67. The molecule has 0 unspecified atom stereocenters. The van der Waals surface area contributed by atoms with Crippen LogP contribution in [-0.2, 0) is 0 Å². The van der Waals surface area contributed by atoms with Crippen molar-refractivity contribution in [2.75, 3.05) is 25.6 Å². The first kappa shape index (κ1) is 24.0. The molecule has 0 aliphatic carbocycles. The van der Waals surface area contributed by atoms with E-state index >= 15 is 0 Å². The van der Waals surface area contributed by atoms with Crippen LogP contribution in [-0.4, -0.2) is 36.6 Å². The zero-order valence-electron chi connectivity index (χ0n) is 19.8. The highest BCUT2D eigenvalue weighted by atomic mass is 79.9. The molecule has 0 aliphatic rings. The summed E-state index contributed by atoms with van der Waals surface area (Å²) in [7, 11) is 3.98. The van der Waals surface area contributed by atoms with Gasteiger partial charge < -0.3 is 9.64 Å². The molecule has 0 atom stereocenters. The molecule has 0 aliphatic heterocycles. The first-order chi connectivity index (χ1) is 15.0. The Kier molecular flexibility index (Phi) is 7.08. The number of halogens is 1. The zero-order chi connectivity index (χ0) is 23.6. The van der Waals surface area contributed by atoms with Gasteiger partial charge in [0.2, 0.25) is 0 Å². The first-order valence-corrected chi connectivity index (χ1v) is 11.5. The number of fused-ring (bicyclic) bond motifs is 1. The van der Waals surface area contributed by atoms with E-state index < -0.39 is 0 Å². The van der Waals surface area contributed by atoms with Gasteiger partial charge in [0.05, 0.1) is 23.7 Å². The van der Waals surface area contributed by atoms with Crippen LogP contribution in [0.15, 0.2) is 50.8 Å². The van der Waals surface area contributed by atoms with Crippen LogP contribution in [0.3, 0.4) is 0 Å². The molecular formula is C25H31BrN4O2. The lowest BCUT2D eigenvalue weighted by atomic mass is 9.98. The summed E-state index contributed by atoms with van der Waals surface area (Å²) in [6.07, 6.45) is 1.68. The fourth-order valence-electron chi connectivity index (χ4n) is 3.10. The maximum absolute atomic E-state index is 13.3. The molecule has 0 N–H and O–H groups in total. The molecule has 32 heavy (non-hydrogen) atoms. The molecule has 170 valence electrons. The minimum atomic E-state index is -0.196. The van der Waals surface area contributed by atoms with Crippen molar-refractivity contribution >= 4 is 38.7 Å². The van der Waals surface area contributed by atoms with Gasteiger partial charge in [0, 0.05) is 41.8 Å². The summed E-state index contributed by atoms with van der Waals surface area (Å²) >= 11 is 3.44. The fraction of sp³-hybridized carbons (Fsp3) is 0.400. The van der Waals surface area contributed by atoms with Gasteiger partial charge in [0.25, 0.3) is 5.56 Å². The van der Waals surface area contributed by atoms with Crippen LogP contribution in [0.1, 0.15) is 51.9 Å². The second-order valence-electron chi connectivity index (χ2n) is 9.61. The largest absolute Gasteiger partial charge is 0.492 e. The second kappa shape index (κ2) is 9.45. The second-order valence-corrected chi connectivity index (χ2v) is 10.5. The van der Waals surface area contributed by atoms with Crippen molar-refractivity contribution in [1.82, 2.24) is 9.66 Å². The number of anilines is 1. The van der Waals surface area contributed by atoms with E-state index in [1.54, 1.807) is 12.3 Å². The highest BCUT2D eigenvalue weighted by molar-refractivity contribution is 9.10. The third kappa shape index (κ3) is 5.57. The molecule has 1 heterocycles. The minimum Gasteiger partial charge on any atom is -0.492 e. The number of ether oxygens (including phenoxy) is 1. The summed E-state index contributed by atoms with van der Waals surface area (Å²) in [6.45, 7) is 11.0. The predicted molar refractivity (Wildman–Crippen MR) is 137 cm³/mol. The summed E-state index contributed by atoms with van der Waals surface area (Å²) in [6, 6.07) is 11.5. The van der Waals surface area contributed by atoms with Crippen molar-refractivity contribution in [2.24, 2.45) is 10.5 Å². The predicted octanol–water partition coefficient (Wildman–Crippen LogP) is 5.66. The van der Waals surface area contributed by atoms with E-state index in [-0.39, 0.29) is 16.9 Å². The molecule has 6 nitrogen and oxygen atoms in total. The van der Waals surface area contributed by atoms with Crippen LogP contribution in [0.5, 0.6) is 5.75 Å². The number of nitrogens with zero attached hydrogens (tertiary/aromatic N) is 4. The van der Waals surface area contributed by atoms with E-state index in [0.29, 0.717) is 23.3 Å². The Morgan fingerprint density at radius 2 is 1.91 bits per heavy atom. The van der Waals surface area contributed by atoms with Gasteiger partial charge in [0.15, 0.2) is 0 Å². The lowest BCUT2D eigenvalue weighted by Gasteiger charge is -2.21. The molecule has 0 fully saturated rings. The molecule has 3 rings (SSSR count). The topological polar surface area (TPSA) is 59.7 Å². The van der Waals surface area contributed by atoms with Gasteiger partial charge >= 0.3 is 0 Å². The molecule has 0 saturated heterocycles. The first-order valence-electron chi connectivity index (χ1n) is 10.7. The fourth-order valence-corrected chi connectivity index (χ4v) is 3.46. The SMILES string of the molecule is CC(C)c1nc2ccc(Br)cc2c(=O)n1N=Cc1ccc(N(C)C)cc1OCC(C)(C)C. The molecule has 0 bridgehead atoms. The zero-order valence-corrected chi connectivity index (χ0v) is 21.4. The average molecular weight is 499 g/mol. The molecule has 3 aromatic rings. The van der Waals surface area contributed by atoms with Crippen LogP contribution >= 0.6 is 15.9 Å². The van der Waals surface area contributed by atoms with Crippen molar-refractivity contribution in [3.63, 3.8) is 0 Å². The van der Waals surface area contributed by atoms with Crippen LogP contribution in [0.2, 0.25) is 0 Å². The number of rotatable bonds is 6. The Morgan fingerprint density at radius 3 is 2.53 bits per heavy atom. The van der Waals surface area contributed by atoms with Crippen molar-refractivity contribution in [2.45, 2.75) is 40.5 Å². The van der Waals surface area contributed by atoms with Gasteiger partial charge in [-0.1, -0.05) is 50.5 Å². The lowest BCUT2D eigenvalue weighted by Crippen LogP contribution is -2.23. The third-order valence-corrected chi connectivity index (χ3v) is 5.33. The van der Waals surface area contributed by atoms with E-state index in [4.69, 9.17) is 9.72 Å². The van der Waals surface area contributed by atoms with E-state index in [1.807, 2.05) is 63.2 Å². The van der Waals surface area contributed by atoms with Crippen LogP contribution in [0.4, 0.5) is 5.69 Å². The van der Waals surface area contributed by atoms with Gasteiger partial charge in [-0.15, -0.1) is 0 Å². The molecule has 1 aromatic heterocycles. The number of hydrogen-bond donors (Lipinski definition) is 0. The normalized spacial score (nSPS) is 12.2. The van der Waals surface area contributed by atoms with Gasteiger partial charge in [0.1, 0.15) is 11.6 Å². The van der Waals surface area contributed by atoms with E-state index in [2.05, 4.69) is 41.8 Å². The number of hydrogen-bond acceptors (Lipinski definition) is 5. The average Bonchev–Trinajstić information content (AvgIpc) is 2.71. The van der Waals surface area contributed by atoms with Gasteiger partial charge in [-0.25, -0.2) is 4.98 Å². The maximum Gasteiger partial charge on any atom is 0.282 e. The van der Waals surface area contributed by atoms with Gasteiger partial charge in [-0.05, 0) is 35.7 Å². The van der Waals surface area contributed by atoms with Crippen molar-refractivity contribution in [1.29, 1.82) is 0 Å². The van der Waals surface area contributed by atoms with Crippen LogP contribution in [0, 0.1) is 5.41 Å². The summed E-state index contributed by atoms with van der Waals surface area (Å²) in [5.74, 6) is 1.37. The van der Waals surface area contributed by atoms with Crippen LogP contribution < -0.4 is 15.2 Å². The number of benzene rings is 2. The van der Waals surface area contributed by atoms with Gasteiger partial charge in [-0.3, -0.25) is 4.79 Å². The summed E-state index contributed by atoms with van der Waals surface area (Å²) < 4.78 is 8.37. The number of aromatic nitrogens is 2. The minimum absolute atomic E-state index is 0.0138. The molecular weight excluding hydrogens is 468 g/mol. The molecule has 2 aromatic carbocycles. The summed E-state index contributed by atoms with van der Waals surface area (Å²) in [4.78, 5) is 20.0. The molecule has 7 heteroatoms. The summed E-state index contributed by atoms with van der Waals surface area (Å²) in [5.41, 5.74) is 2.32. The van der Waals surface area contributed by atoms with Crippen molar-refractivity contribution < 1.29 is 4.74 Å².